The third-order valence-corrected chi connectivity index (χ3v) is 7.08. The summed E-state index contributed by atoms with van der Waals surface area (Å²) in [7, 11) is 0. The van der Waals surface area contributed by atoms with Crippen LogP contribution >= 0.6 is 11.3 Å². The fraction of sp³-hybridized carbons (Fsp3) is 0.556. The van der Waals surface area contributed by atoms with Gasteiger partial charge in [0, 0.05) is 19.9 Å². The molecule has 2 aromatic rings. The molecule has 4 atom stereocenters. The summed E-state index contributed by atoms with van der Waals surface area (Å²) in [5.41, 5.74) is 4.26. The quantitative estimate of drug-likeness (QED) is 0.540. The molecule has 1 aromatic carbocycles. The number of carbonyl (C=O) groups excluding carboxylic acids is 3. The van der Waals surface area contributed by atoms with Crippen LogP contribution in [0.3, 0.4) is 0 Å². The van der Waals surface area contributed by atoms with Crippen molar-refractivity contribution in [3.8, 4) is 10.4 Å². The lowest BCUT2D eigenvalue weighted by molar-refractivity contribution is -0.144. The molecule has 0 aliphatic carbocycles. The molecule has 198 valence electrons. The number of thiazole rings is 1. The van der Waals surface area contributed by atoms with E-state index in [0.29, 0.717) is 0 Å². The number of amides is 3. The van der Waals surface area contributed by atoms with Crippen LogP contribution in [0.25, 0.3) is 10.4 Å². The standard InChI is InChI=1S/C25H34N4O4S.C2H6/c1-14(17-7-9-18(10-8-17)21-15(2)26-13-34-21)27-23(32)20-11-19(31)12-29(20)24(33)22(25(4,5)6)28-16(3)30;1-2/h7-10,13-14,19-20,22,31H,11-12H2,1-6H3,(H,27,32)(H,28,30);1-2H3/t14-,19+,20-,22+;/m0./s1. The number of rotatable bonds is 6. The molecule has 8 nitrogen and oxygen atoms in total. The van der Waals surface area contributed by atoms with Crippen LogP contribution < -0.4 is 10.6 Å². The molecular formula is C27H40N4O4S. The van der Waals surface area contributed by atoms with Crippen molar-refractivity contribution in [1.29, 1.82) is 0 Å². The fourth-order valence-electron chi connectivity index (χ4n) is 4.22. The van der Waals surface area contributed by atoms with Gasteiger partial charge in [-0.1, -0.05) is 58.9 Å². The van der Waals surface area contributed by atoms with Crippen LogP contribution in [0.5, 0.6) is 0 Å². The highest BCUT2D eigenvalue weighted by molar-refractivity contribution is 7.13. The summed E-state index contributed by atoms with van der Waals surface area (Å²) in [6.07, 6.45) is -0.639. The van der Waals surface area contributed by atoms with Crippen molar-refractivity contribution in [3.05, 3.63) is 41.0 Å². The van der Waals surface area contributed by atoms with E-state index in [0.717, 1.165) is 21.7 Å². The fourth-order valence-corrected chi connectivity index (χ4v) is 5.03. The average Bonchev–Trinajstić information content (AvgIpc) is 3.43. The molecule has 36 heavy (non-hydrogen) atoms. The Morgan fingerprint density at radius 3 is 2.25 bits per heavy atom. The van der Waals surface area contributed by atoms with Crippen LogP contribution in [0.2, 0.25) is 0 Å². The van der Waals surface area contributed by atoms with Crippen LogP contribution in [-0.4, -0.2) is 57.4 Å². The molecule has 3 N–H and O–H groups in total. The maximum absolute atomic E-state index is 13.3. The lowest BCUT2D eigenvalue weighted by Crippen LogP contribution is -2.57. The third-order valence-electron chi connectivity index (χ3n) is 6.10. The van der Waals surface area contributed by atoms with E-state index in [2.05, 4.69) is 15.6 Å². The summed E-state index contributed by atoms with van der Waals surface area (Å²) in [5, 5.41) is 16.0. The lowest BCUT2D eigenvalue weighted by Gasteiger charge is -2.35. The number of aliphatic hydroxyl groups is 1. The molecule has 0 bridgehead atoms. The summed E-state index contributed by atoms with van der Waals surface area (Å²) in [4.78, 5) is 45.0. The first-order valence-corrected chi connectivity index (χ1v) is 13.3. The van der Waals surface area contributed by atoms with Gasteiger partial charge in [-0.2, -0.15) is 0 Å². The monoisotopic (exact) mass is 516 g/mol. The van der Waals surface area contributed by atoms with Gasteiger partial charge in [0.15, 0.2) is 0 Å². The van der Waals surface area contributed by atoms with Gasteiger partial charge >= 0.3 is 0 Å². The largest absolute Gasteiger partial charge is 0.391 e. The van der Waals surface area contributed by atoms with E-state index in [1.54, 1.807) is 11.3 Å². The molecule has 2 heterocycles. The zero-order valence-electron chi connectivity index (χ0n) is 22.6. The number of nitrogens with one attached hydrogen (secondary N) is 2. The molecule has 1 aliphatic heterocycles. The molecule has 0 unspecified atom stereocenters. The highest BCUT2D eigenvalue weighted by atomic mass is 32.1. The zero-order chi connectivity index (χ0) is 27.2. The van der Waals surface area contributed by atoms with Gasteiger partial charge in [-0.25, -0.2) is 4.98 Å². The van der Waals surface area contributed by atoms with Gasteiger partial charge in [0.05, 0.1) is 28.2 Å². The highest BCUT2D eigenvalue weighted by Gasteiger charge is 2.44. The minimum atomic E-state index is -0.803. The average molecular weight is 517 g/mol. The SMILES string of the molecule is CC.CC(=O)N[C@H](C(=O)N1C[C@H](O)C[C@H]1C(=O)N[C@@H](C)c1ccc(-c2scnc2C)cc1)C(C)(C)C. The van der Waals surface area contributed by atoms with Gasteiger partial charge in [0.2, 0.25) is 17.7 Å². The Bertz CT molecular complexity index is 1040. The predicted molar refractivity (Wildman–Crippen MR) is 143 cm³/mol. The molecule has 1 aromatic heterocycles. The second-order valence-electron chi connectivity index (χ2n) is 10.0. The van der Waals surface area contributed by atoms with Gasteiger partial charge in [0.1, 0.15) is 12.1 Å². The molecule has 1 aliphatic rings. The summed E-state index contributed by atoms with van der Waals surface area (Å²) < 4.78 is 0. The predicted octanol–water partition coefficient (Wildman–Crippen LogP) is 3.83. The van der Waals surface area contributed by atoms with Crippen molar-refractivity contribution in [1.82, 2.24) is 20.5 Å². The van der Waals surface area contributed by atoms with Crippen molar-refractivity contribution in [2.45, 2.75) is 86.0 Å². The summed E-state index contributed by atoms with van der Waals surface area (Å²) in [6, 6.07) is 6.07. The van der Waals surface area contributed by atoms with Gasteiger partial charge in [-0.05, 0) is 30.4 Å². The number of likely N-dealkylation sites (tertiary alicyclic amines) is 1. The number of β-amino-alcohol motifs (C(OH)–C–C–N with tert-alkyl or cyclic N) is 1. The van der Waals surface area contributed by atoms with Crippen molar-refractivity contribution in [3.63, 3.8) is 0 Å². The van der Waals surface area contributed by atoms with E-state index in [9.17, 15) is 19.5 Å². The number of nitrogens with zero attached hydrogens (tertiary/aromatic N) is 2. The first kappa shape index (κ1) is 29.5. The lowest BCUT2D eigenvalue weighted by atomic mass is 9.85. The number of benzene rings is 1. The molecule has 0 saturated carbocycles. The van der Waals surface area contributed by atoms with E-state index in [-0.39, 0.29) is 36.7 Å². The van der Waals surface area contributed by atoms with Crippen LogP contribution in [-0.2, 0) is 14.4 Å². The van der Waals surface area contributed by atoms with Crippen molar-refractivity contribution < 1.29 is 19.5 Å². The molecule has 0 spiro atoms. The summed E-state index contributed by atoms with van der Waals surface area (Å²) in [6.45, 7) is 14.8. The number of carbonyl (C=O) groups is 3. The van der Waals surface area contributed by atoms with E-state index in [1.807, 2.05) is 78.2 Å². The van der Waals surface area contributed by atoms with Crippen LogP contribution in [0.4, 0.5) is 0 Å². The molecule has 1 fully saturated rings. The highest BCUT2D eigenvalue weighted by Crippen LogP contribution is 2.29. The minimum absolute atomic E-state index is 0.0559. The molecule has 3 rings (SSSR count). The van der Waals surface area contributed by atoms with Crippen molar-refractivity contribution in [2.75, 3.05) is 6.54 Å². The van der Waals surface area contributed by atoms with E-state index in [1.165, 1.54) is 11.8 Å². The van der Waals surface area contributed by atoms with Gasteiger partial charge in [-0.3, -0.25) is 14.4 Å². The third kappa shape index (κ3) is 7.13. The minimum Gasteiger partial charge on any atom is -0.391 e. The Labute approximate surface area is 218 Å². The number of aryl methyl sites for hydroxylation is 1. The van der Waals surface area contributed by atoms with Gasteiger partial charge in [-0.15, -0.1) is 11.3 Å². The van der Waals surface area contributed by atoms with E-state index < -0.39 is 23.6 Å². The van der Waals surface area contributed by atoms with Crippen molar-refractivity contribution >= 4 is 29.1 Å². The molecule has 3 amide bonds. The zero-order valence-corrected chi connectivity index (χ0v) is 23.4. The Kier molecular flexibility index (Phi) is 10.2. The van der Waals surface area contributed by atoms with Gasteiger partial charge < -0.3 is 20.6 Å². The molecule has 0 radical (unpaired) electrons. The smallest absolute Gasteiger partial charge is 0.246 e. The summed E-state index contributed by atoms with van der Waals surface area (Å²) in [5.74, 6) is -1.01. The van der Waals surface area contributed by atoms with Crippen molar-refractivity contribution in [2.24, 2.45) is 5.41 Å². The molecule has 9 heteroatoms. The topological polar surface area (TPSA) is 112 Å². The normalized spacial score (nSPS) is 19.1. The Hall–Kier alpha value is -2.78. The summed E-state index contributed by atoms with van der Waals surface area (Å²) >= 11 is 1.59. The first-order valence-electron chi connectivity index (χ1n) is 12.4. The second-order valence-corrected chi connectivity index (χ2v) is 10.9. The second kappa shape index (κ2) is 12.5. The first-order chi connectivity index (χ1) is 16.9. The Morgan fingerprint density at radius 2 is 1.75 bits per heavy atom. The molecule has 1 saturated heterocycles. The Morgan fingerprint density at radius 1 is 1.14 bits per heavy atom. The number of hydrogen-bond acceptors (Lipinski definition) is 6. The maximum atomic E-state index is 13.3. The van der Waals surface area contributed by atoms with Crippen LogP contribution in [0.15, 0.2) is 29.8 Å². The molecular weight excluding hydrogens is 476 g/mol. The van der Waals surface area contributed by atoms with E-state index >= 15 is 0 Å². The van der Waals surface area contributed by atoms with Crippen LogP contribution in [0.1, 0.15) is 72.2 Å². The Balaban J connectivity index is 0.00000222. The number of aliphatic hydroxyl groups excluding tert-OH is 1. The number of aromatic nitrogens is 1. The maximum Gasteiger partial charge on any atom is 0.246 e. The number of hydrogen-bond donors (Lipinski definition) is 3. The van der Waals surface area contributed by atoms with Gasteiger partial charge in [0.25, 0.3) is 0 Å². The van der Waals surface area contributed by atoms with E-state index in [4.69, 9.17) is 0 Å². The van der Waals surface area contributed by atoms with Crippen LogP contribution in [0, 0.1) is 12.3 Å².